The molecule has 0 amide bonds. The van der Waals surface area contributed by atoms with Crippen molar-refractivity contribution in [2.45, 2.75) is 39.2 Å². The molecular formula is C20H23N3O5. The normalized spacial score (nSPS) is 12.1. The second-order valence-corrected chi connectivity index (χ2v) is 6.65. The first-order chi connectivity index (χ1) is 13.4. The van der Waals surface area contributed by atoms with Gasteiger partial charge in [-0.05, 0) is 32.0 Å². The summed E-state index contributed by atoms with van der Waals surface area (Å²) in [5.74, 6) is -0.325. The molecule has 0 radical (unpaired) electrons. The van der Waals surface area contributed by atoms with Crippen LogP contribution >= 0.6 is 0 Å². The summed E-state index contributed by atoms with van der Waals surface area (Å²) in [5.41, 5.74) is 1.28. The number of imidazole rings is 1. The zero-order chi connectivity index (χ0) is 20.3. The molecule has 0 bridgehead atoms. The second kappa shape index (κ2) is 8.16. The zero-order valence-electron chi connectivity index (χ0n) is 16.1. The SMILES string of the molecule is COC(=O)CC(c1ccc(C)o1)c1c(O)cc(C)n(CCc2cnc[nH]2)c1=O. The van der Waals surface area contributed by atoms with E-state index in [9.17, 15) is 14.7 Å². The zero-order valence-corrected chi connectivity index (χ0v) is 16.1. The molecule has 3 aromatic rings. The van der Waals surface area contributed by atoms with Crippen molar-refractivity contribution in [3.63, 3.8) is 0 Å². The topological polar surface area (TPSA) is 110 Å². The number of aryl methyl sites for hydroxylation is 3. The summed E-state index contributed by atoms with van der Waals surface area (Å²) < 4.78 is 12.0. The Labute approximate surface area is 161 Å². The van der Waals surface area contributed by atoms with Crippen molar-refractivity contribution < 1.29 is 19.1 Å². The first-order valence-corrected chi connectivity index (χ1v) is 8.94. The molecule has 1 atom stereocenters. The number of carbonyl (C=O) groups excluding carboxylic acids is 1. The standard InChI is InChI=1S/C20H23N3O5/c1-12-8-16(24)19(20(26)23(12)7-6-14-10-21-11-22-14)15(9-18(25)27-3)17-5-4-13(2)28-17/h4-5,8,10-11,15,24H,6-7,9H2,1-3H3,(H,21,22). The number of ether oxygens (including phenoxy) is 1. The summed E-state index contributed by atoms with van der Waals surface area (Å²) in [6.07, 6.45) is 3.74. The van der Waals surface area contributed by atoms with E-state index in [0.29, 0.717) is 30.2 Å². The molecule has 0 saturated carbocycles. The van der Waals surface area contributed by atoms with Crippen LogP contribution in [-0.4, -0.2) is 32.7 Å². The van der Waals surface area contributed by atoms with E-state index in [4.69, 9.17) is 9.15 Å². The van der Waals surface area contributed by atoms with E-state index in [1.54, 1.807) is 43.1 Å². The van der Waals surface area contributed by atoms with Crippen molar-refractivity contribution in [1.29, 1.82) is 0 Å². The van der Waals surface area contributed by atoms with Gasteiger partial charge in [-0.25, -0.2) is 4.98 Å². The highest BCUT2D eigenvalue weighted by Gasteiger charge is 2.28. The van der Waals surface area contributed by atoms with Gasteiger partial charge in [0.05, 0.1) is 31.3 Å². The summed E-state index contributed by atoms with van der Waals surface area (Å²) in [7, 11) is 1.28. The maximum atomic E-state index is 13.2. The fraction of sp³-hybridized carbons (Fsp3) is 0.350. The lowest BCUT2D eigenvalue weighted by molar-refractivity contribution is -0.140. The van der Waals surface area contributed by atoms with Gasteiger partial charge >= 0.3 is 5.97 Å². The number of aromatic amines is 1. The van der Waals surface area contributed by atoms with Crippen LogP contribution in [0.4, 0.5) is 0 Å². The average Bonchev–Trinajstić information content (AvgIpc) is 3.31. The van der Waals surface area contributed by atoms with Crippen molar-refractivity contribution >= 4 is 5.97 Å². The average molecular weight is 385 g/mol. The van der Waals surface area contributed by atoms with Crippen LogP contribution in [0, 0.1) is 13.8 Å². The van der Waals surface area contributed by atoms with Crippen LogP contribution in [0.15, 0.2) is 39.9 Å². The summed E-state index contributed by atoms with van der Waals surface area (Å²) in [6, 6.07) is 4.99. The Morgan fingerprint density at radius 3 is 2.79 bits per heavy atom. The number of pyridine rings is 1. The Bertz CT molecular complexity index is 1020. The van der Waals surface area contributed by atoms with Gasteiger partial charge in [-0.3, -0.25) is 9.59 Å². The van der Waals surface area contributed by atoms with Crippen LogP contribution in [0.2, 0.25) is 0 Å². The molecule has 8 heteroatoms. The summed E-state index contributed by atoms with van der Waals surface area (Å²) in [6.45, 7) is 3.93. The molecule has 0 aliphatic rings. The van der Waals surface area contributed by atoms with Crippen molar-refractivity contribution in [2.24, 2.45) is 0 Å². The molecule has 3 aromatic heterocycles. The number of carbonyl (C=O) groups is 1. The Kier molecular flexibility index (Phi) is 5.67. The Morgan fingerprint density at radius 2 is 2.18 bits per heavy atom. The van der Waals surface area contributed by atoms with E-state index in [-0.39, 0.29) is 23.3 Å². The lowest BCUT2D eigenvalue weighted by Gasteiger charge is -2.18. The lowest BCUT2D eigenvalue weighted by Crippen LogP contribution is -2.29. The first kappa shape index (κ1) is 19.5. The molecule has 0 spiro atoms. The smallest absolute Gasteiger partial charge is 0.306 e. The maximum Gasteiger partial charge on any atom is 0.306 e. The van der Waals surface area contributed by atoms with Gasteiger partial charge in [0.1, 0.15) is 17.3 Å². The van der Waals surface area contributed by atoms with E-state index >= 15 is 0 Å². The molecule has 1 unspecified atom stereocenters. The van der Waals surface area contributed by atoms with Crippen molar-refractivity contribution in [3.05, 3.63) is 69.5 Å². The third kappa shape index (κ3) is 4.00. The number of furan rings is 1. The fourth-order valence-corrected chi connectivity index (χ4v) is 3.26. The van der Waals surface area contributed by atoms with Gasteiger partial charge in [-0.2, -0.15) is 0 Å². The number of rotatable bonds is 7. The molecule has 0 saturated heterocycles. The Morgan fingerprint density at radius 1 is 1.39 bits per heavy atom. The van der Waals surface area contributed by atoms with Gasteiger partial charge in [0.15, 0.2) is 0 Å². The Hall–Kier alpha value is -3.29. The monoisotopic (exact) mass is 385 g/mol. The van der Waals surface area contributed by atoms with E-state index in [0.717, 1.165) is 5.69 Å². The van der Waals surface area contributed by atoms with Gasteiger partial charge < -0.3 is 23.8 Å². The van der Waals surface area contributed by atoms with Gasteiger partial charge in [0, 0.05) is 30.6 Å². The minimum absolute atomic E-state index is 0.115. The predicted octanol–water partition coefficient (Wildman–Crippen LogP) is 2.42. The van der Waals surface area contributed by atoms with Gasteiger partial charge in [0.2, 0.25) is 0 Å². The van der Waals surface area contributed by atoms with E-state index < -0.39 is 11.9 Å². The number of nitrogens with zero attached hydrogens (tertiary/aromatic N) is 2. The number of H-pyrrole nitrogens is 1. The van der Waals surface area contributed by atoms with Crippen molar-refractivity contribution in [2.75, 3.05) is 7.11 Å². The lowest BCUT2D eigenvalue weighted by atomic mass is 9.93. The van der Waals surface area contributed by atoms with Crippen LogP contribution in [0.25, 0.3) is 0 Å². The number of aromatic nitrogens is 3. The molecule has 0 aliphatic heterocycles. The van der Waals surface area contributed by atoms with Gasteiger partial charge in [0.25, 0.3) is 5.56 Å². The molecule has 0 fully saturated rings. The predicted molar refractivity (Wildman–Crippen MR) is 101 cm³/mol. The highest BCUT2D eigenvalue weighted by Crippen LogP contribution is 2.33. The third-order valence-corrected chi connectivity index (χ3v) is 4.73. The van der Waals surface area contributed by atoms with Gasteiger partial charge in [-0.15, -0.1) is 0 Å². The molecule has 0 aromatic carbocycles. The number of nitrogens with one attached hydrogen (secondary N) is 1. The highest BCUT2D eigenvalue weighted by molar-refractivity contribution is 5.71. The molecule has 148 valence electrons. The summed E-state index contributed by atoms with van der Waals surface area (Å²) >= 11 is 0. The third-order valence-electron chi connectivity index (χ3n) is 4.73. The fourth-order valence-electron chi connectivity index (χ4n) is 3.26. The van der Waals surface area contributed by atoms with Crippen LogP contribution in [-0.2, 0) is 22.5 Å². The van der Waals surface area contributed by atoms with Gasteiger partial charge in [-0.1, -0.05) is 0 Å². The van der Waals surface area contributed by atoms with Crippen LogP contribution in [0.5, 0.6) is 5.75 Å². The van der Waals surface area contributed by atoms with Crippen molar-refractivity contribution in [3.8, 4) is 5.75 Å². The van der Waals surface area contributed by atoms with Crippen molar-refractivity contribution in [1.82, 2.24) is 14.5 Å². The molecule has 2 N–H and O–H groups in total. The number of hydrogen-bond donors (Lipinski definition) is 2. The molecule has 8 nitrogen and oxygen atoms in total. The molecule has 28 heavy (non-hydrogen) atoms. The first-order valence-electron chi connectivity index (χ1n) is 8.94. The van der Waals surface area contributed by atoms with Crippen LogP contribution < -0.4 is 5.56 Å². The molecule has 0 aliphatic carbocycles. The maximum absolute atomic E-state index is 13.2. The summed E-state index contributed by atoms with van der Waals surface area (Å²) in [4.78, 5) is 32.2. The number of hydrogen-bond acceptors (Lipinski definition) is 6. The molecule has 3 heterocycles. The van der Waals surface area contributed by atoms with Crippen LogP contribution in [0.3, 0.4) is 0 Å². The van der Waals surface area contributed by atoms with E-state index in [2.05, 4.69) is 9.97 Å². The summed E-state index contributed by atoms with van der Waals surface area (Å²) in [5, 5.41) is 10.5. The van der Waals surface area contributed by atoms with E-state index in [1.165, 1.54) is 13.2 Å². The quantitative estimate of drug-likeness (QED) is 0.605. The largest absolute Gasteiger partial charge is 0.507 e. The highest BCUT2D eigenvalue weighted by atomic mass is 16.5. The molecule has 3 rings (SSSR count). The number of methoxy groups -OCH3 is 1. The van der Waals surface area contributed by atoms with E-state index in [1.807, 2.05) is 0 Å². The Balaban J connectivity index is 2.05. The minimum atomic E-state index is -0.743. The number of aromatic hydroxyl groups is 1. The van der Waals surface area contributed by atoms with Crippen LogP contribution in [0.1, 0.15) is 40.8 Å². The second-order valence-electron chi connectivity index (χ2n) is 6.65. The number of esters is 1. The minimum Gasteiger partial charge on any atom is -0.507 e. The molecular weight excluding hydrogens is 362 g/mol.